The molecule has 2 N–H and O–H groups in total. The summed E-state index contributed by atoms with van der Waals surface area (Å²) in [6, 6.07) is 17.4. The third-order valence-corrected chi connectivity index (χ3v) is 5.73. The summed E-state index contributed by atoms with van der Waals surface area (Å²) in [7, 11) is 0. The summed E-state index contributed by atoms with van der Waals surface area (Å²) < 4.78 is 0. The first-order valence-corrected chi connectivity index (χ1v) is 10.6. The number of aromatic amines is 1. The fourth-order valence-electron chi connectivity index (χ4n) is 3.79. The molecular formula is C25H28N4O2. The van der Waals surface area contributed by atoms with Gasteiger partial charge in [-0.3, -0.25) is 14.7 Å². The molecule has 6 heteroatoms. The summed E-state index contributed by atoms with van der Waals surface area (Å²) in [5.41, 5.74) is 4.64. The number of hydrogen-bond donors (Lipinski definition) is 2. The molecule has 1 aliphatic heterocycles. The number of H-pyrrole nitrogens is 1. The number of benzene rings is 2. The molecule has 0 saturated carbocycles. The van der Waals surface area contributed by atoms with Gasteiger partial charge in [-0.2, -0.15) is 5.10 Å². The van der Waals surface area contributed by atoms with Crippen LogP contribution in [0.5, 0.6) is 0 Å². The molecule has 4 rings (SSSR count). The number of fused-ring (bicyclic) bond motifs is 1. The van der Waals surface area contributed by atoms with Gasteiger partial charge in [0.2, 0.25) is 5.91 Å². The molecule has 0 bridgehead atoms. The first-order chi connectivity index (χ1) is 14.8. The van der Waals surface area contributed by atoms with Gasteiger partial charge in [0.15, 0.2) is 5.82 Å². The van der Waals surface area contributed by atoms with Crippen molar-refractivity contribution in [3.05, 3.63) is 82.5 Å². The Morgan fingerprint density at radius 1 is 1.06 bits per heavy atom. The van der Waals surface area contributed by atoms with Crippen molar-refractivity contribution in [2.45, 2.75) is 45.6 Å². The minimum absolute atomic E-state index is 0.0337. The fourth-order valence-corrected chi connectivity index (χ4v) is 3.79. The number of nitrogens with one attached hydrogen (secondary N) is 2. The van der Waals surface area contributed by atoms with E-state index in [-0.39, 0.29) is 17.2 Å². The molecule has 0 spiro atoms. The number of nitrogens with zero attached hydrogens (tertiary/aromatic N) is 2. The maximum atomic E-state index is 12.8. The van der Waals surface area contributed by atoms with E-state index in [1.54, 1.807) is 0 Å². The number of rotatable bonds is 4. The van der Waals surface area contributed by atoms with Crippen LogP contribution in [0.1, 0.15) is 53.5 Å². The van der Waals surface area contributed by atoms with E-state index in [0.29, 0.717) is 37.3 Å². The lowest BCUT2D eigenvalue weighted by molar-refractivity contribution is -0.131. The van der Waals surface area contributed by atoms with Gasteiger partial charge in [0.25, 0.3) is 5.91 Å². The van der Waals surface area contributed by atoms with Gasteiger partial charge in [0, 0.05) is 29.8 Å². The number of carbonyl (C=O) groups excluding carboxylic acids is 2. The van der Waals surface area contributed by atoms with E-state index in [1.807, 2.05) is 59.5 Å². The van der Waals surface area contributed by atoms with Crippen LogP contribution >= 0.6 is 0 Å². The highest BCUT2D eigenvalue weighted by Gasteiger charge is 2.26. The van der Waals surface area contributed by atoms with Crippen LogP contribution in [0, 0.1) is 0 Å². The molecule has 0 unspecified atom stereocenters. The second-order valence-electron chi connectivity index (χ2n) is 9.04. The molecule has 3 aromatic rings. The third-order valence-electron chi connectivity index (χ3n) is 5.73. The van der Waals surface area contributed by atoms with E-state index in [1.165, 1.54) is 5.56 Å². The summed E-state index contributed by atoms with van der Waals surface area (Å²) in [5, 5.41) is 10.2. The van der Waals surface area contributed by atoms with Gasteiger partial charge in [0.1, 0.15) is 0 Å². The van der Waals surface area contributed by atoms with Crippen LogP contribution in [0.2, 0.25) is 0 Å². The quantitative estimate of drug-likeness (QED) is 0.673. The molecule has 31 heavy (non-hydrogen) atoms. The summed E-state index contributed by atoms with van der Waals surface area (Å²) in [4.78, 5) is 27.4. The minimum atomic E-state index is -0.206. The summed E-state index contributed by atoms with van der Waals surface area (Å²) in [6.45, 7) is 7.51. The Kier molecular flexibility index (Phi) is 5.63. The van der Waals surface area contributed by atoms with Crippen molar-refractivity contribution < 1.29 is 9.59 Å². The Hall–Kier alpha value is -3.41. The predicted octanol–water partition coefficient (Wildman–Crippen LogP) is 4.09. The molecule has 0 radical (unpaired) electrons. The van der Waals surface area contributed by atoms with Gasteiger partial charge in [-0.05, 0) is 28.7 Å². The Morgan fingerprint density at radius 2 is 1.77 bits per heavy atom. The molecule has 1 aromatic heterocycles. The van der Waals surface area contributed by atoms with Crippen molar-refractivity contribution in [1.82, 2.24) is 15.1 Å². The molecule has 2 amide bonds. The normalized spacial score (nSPS) is 13.6. The van der Waals surface area contributed by atoms with Crippen molar-refractivity contribution >= 4 is 17.6 Å². The second-order valence-corrected chi connectivity index (χ2v) is 9.04. The maximum Gasteiger partial charge on any atom is 0.256 e. The van der Waals surface area contributed by atoms with Crippen molar-refractivity contribution in [1.29, 1.82) is 0 Å². The van der Waals surface area contributed by atoms with E-state index in [0.717, 1.165) is 16.8 Å². The van der Waals surface area contributed by atoms with E-state index in [2.05, 4.69) is 36.3 Å². The first-order valence-electron chi connectivity index (χ1n) is 10.6. The Balaban J connectivity index is 1.45. The van der Waals surface area contributed by atoms with E-state index in [9.17, 15) is 9.59 Å². The average Bonchev–Trinajstić information content (AvgIpc) is 3.16. The second kappa shape index (κ2) is 8.38. The molecule has 2 heterocycles. The molecule has 0 saturated heterocycles. The summed E-state index contributed by atoms with van der Waals surface area (Å²) in [5.74, 6) is 0.368. The standard InChI is InChI=1S/C25H28N4O2/c1-25(2,3)19-11-9-18(10-12-19)24(31)26-23-20-16-29(14-13-21(20)27-28-23)22(30)15-17-7-5-4-6-8-17/h4-12H,13-16H2,1-3H3,(H2,26,27,28,31). The fraction of sp³-hybridized carbons (Fsp3) is 0.320. The summed E-state index contributed by atoms with van der Waals surface area (Å²) in [6.07, 6.45) is 1.06. The number of amides is 2. The molecule has 0 atom stereocenters. The van der Waals surface area contributed by atoms with Crippen LogP contribution < -0.4 is 5.32 Å². The Labute approximate surface area is 182 Å². The number of hydrogen-bond acceptors (Lipinski definition) is 3. The van der Waals surface area contributed by atoms with E-state index < -0.39 is 0 Å². The lowest BCUT2D eigenvalue weighted by Gasteiger charge is -2.27. The van der Waals surface area contributed by atoms with Crippen LogP contribution in [-0.4, -0.2) is 33.5 Å². The molecule has 2 aromatic carbocycles. The lowest BCUT2D eigenvalue weighted by atomic mass is 9.87. The monoisotopic (exact) mass is 416 g/mol. The molecule has 0 aliphatic carbocycles. The zero-order chi connectivity index (χ0) is 22.0. The third kappa shape index (κ3) is 4.68. The van der Waals surface area contributed by atoms with Crippen molar-refractivity contribution in [2.75, 3.05) is 11.9 Å². The van der Waals surface area contributed by atoms with Crippen molar-refractivity contribution in [3.8, 4) is 0 Å². The Morgan fingerprint density at radius 3 is 2.45 bits per heavy atom. The highest BCUT2D eigenvalue weighted by atomic mass is 16.2. The average molecular weight is 417 g/mol. The minimum Gasteiger partial charge on any atom is -0.337 e. The highest BCUT2D eigenvalue weighted by Crippen LogP contribution is 2.26. The number of anilines is 1. The molecule has 160 valence electrons. The topological polar surface area (TPSA) is 78.1 Å². The van der Waals surface area contributed by atoms with E-state index in [4.69, 9.17) is 0 Å². The van der Waals surface area contributed by atoms with Crippen LogP contribution in [0.4, 0.5) is 5.82 Å². The largest absolute Gasteiger partial charge is 0.337 e. The summed E-state index contributed by atoms with van der Waals surface area (Å²) >= 11 is 0. The van der Waals surface area contributed by atoms with Crippen LogP contribution in [-0.2, 0) is 29.6 Å². The molecule has 0 fully saturated rings. The zero-order valence-electron chi connectivity index (χ0n) is 18.2. The van der Waals surface area contributed by atoms with Gasteiger partial charge in [-0.1, -0.05) is 63.2 Å². The van der Waals surface area contributed by atoms with Crippen LogP contribution in [0.3, 0.4) is 0 Å². The smallest absolute Gasteiger partial charge is 0.256 e. The van der Waals surface area contributed by atoms with Gasteiger partial charge in [-0.15, -0.1) is 0 Å². The SMILES string of the molecule is CC(C)(C)c1ccc(C(=O)Nc2n[nH]c3c2CN(C(=O)Cc2ccccc2)CC3)cc1. The molecule has 1 aliphatic rings. The molecule has 6 nitrogen and oxygen atoms in total. The predicted molar refractivity (Wildman–Crippen MR) is 121 cm³/mol. The first kappa shape index (κ1) is 20.8. The van der Waals surface area contributed by atoms with E-state index >= 15 is 0 Å². The van der Waals surface area contributed by atoms with Gasteiger partial charge >= 0.3 is 0 Å². The lowest BCUT2D eigenvalue weighted by Crippen LogP contribution is -2.37. The molecular weight excluding hydrogens is 388 g/mol. The van der Waals surface area contributed by atoms with Gasteiger partial charge in [-0.25, -0.2) is 0 Å². The zero-order valence-corrected chi connectivity index (χ0v) is 18.2. The van der Waals surface area contributed by atoms with Gasteiger partial charge in [0.05, 0.1) is 13.0 Å². The maximum absolute atomic E-state index is 12.8. The van der Waals surface area contributed by atoms with Crippen molar-refractivity contribution in [2.24, 2.45) is 0 Å². The van der Waals surface area contributed by atoms with Crippen molar-refractivity contribution in [3.63, 3.8) is 0 Å². The van der Waals surface area contributed by atoms with Crippen LogP contribution in [0.15, 0.2) is 54.6 Å². The number of aromatic nitrogens is 2. The van der Waals surface area contributed by atoms with Gasteiger partial charge < -0.3 is 10.2 Å². The number of carbonyl (C=O) groups is 2. The highest BCUT2D eigenvalue weighted by molar-refractivity contribution is 6.04. The Bertz CT molecular complexity index is 1080. The van der Waals surface area contributed by atoms with Crippen LogP contribution in [0.25, 0.3) is 0 Å².